The average Bonchev–Trinajstić information content (AvgIpc) is 3.29. The van der Waals surface area contributed by atoms with Gasteiger partial charge in [-0.15, -0.1) is 18.3 Å². The van der Waals surface area contributed by atoms with Crippen molar-refractivity contribution in [3.63, 3.8) is 0 Å². The van der Waals surface area contributed by atoms with Crippen molar-refractivity contribution in [2.24, 2.45) is 7.05 Å². The van der Waals surface area contributed by atoms with Gasteiger partial charge < -0.3 is 4.74 Å². The Morgan fingerprint density at radius 2 is 1.77 bits per heavy atom. The molecule has 12 heteroatoms. The largest absolute Gasteiger partial charge is 0.573 e. The van der Waals surface area contributed by atoms with Crippen molar-refractivity contribution in [2.75, 3.05) is 6.67 Å². The third kappa shape index (κ3) is 3.75. The molecule has 0 aliphatic rings. The summed E-state index contributed by atoms with van der Waals surface area (Å²) in [6.07, 6.45) is -0.0501. The second-order valence-corrected chi connectivity index (χ2v) is 6.34. The molecule has 0 aliphatic carbocycles. The molecule has 1 aromatic carbocycles. The molecule has 0 fully saturated rings. The Morgan fingerprint density at radius 3 is 2.37 bits per heavy atom. The molecule has 0 saturated carbocycles. The van der Waals surface area contributed by atoms with Gasteiger partial charge >= 0.3 is 6.36 Å². The lowest BCUT2D eigenvalue weighted by Crippen LogP contribution is -2.19. The smallest absolute Gasteiger partial charge is 0.406 e. The van der Waals surface area contributed by atoms with Crippen LogP contribution in [-0.4, -0.2) is 42.4 Å². The third-order valence-corrected chi connectivity index (χ3v) is 4.24. The second-order valence-electron chi connectivity index (χ2n) is 6.34. The van der Waals surface area contributed by atoms with E-state index < -0.39 is 24.3 Å². The van der Waals surface area contributed by atoms with Crippen LogP contribution in [0.5, 0.6) is 5.75 Å². The van der Waals surface area contributed by atoms with E-state index in [0.29, 0.717) is 16.8 Å². The molecule has 0 spiro atoms. The molecule has 156 valence electrons. The number of aromatic nitrogens is 6. The highest BCUT2D eigenvalue weighted by atomic mass is 19.4. The summed E-state index contributed by atoms with van der Waals surface area (Å²) in [5.41, 5.74) is 1.17. The first-order valence-corrected chi connectivity index (χ1v) is 8.67. The molecule has 0 amide bonds. The Hall–Kier alpha value is -3.70. The topological polar surface area (TPSA) is 79.8 Å². The Kier molecular flexibility index (Phi) is 4.76. The number of fused-ring (bicyclic) bond motifs is 1. The van der Waals surface area contributed by atoms with Gasteiger partial charge in [-0.2, -0.15) is 15.0 Å². The van der Waals surface area contributed by atoms with Gasteiger partial charge in [-0.05, 0) is 24.3 Å². The lowest BCUT2D eigenvalue weighted by Gasteiger charge is -2.11. The van der Waals surface area contributed by atoms with Crippen molar-refractivity contribution >= 4 is 11.0 Å². The second kappa shape index (κ2) is 7.28. The number of ether oxygens (including phenoxy) is 1. The molecule has 0 unspecified atom stereocenters. The fourth-order valence-corrected chi connectivity index (χ4v) is 2.98. The molecule has 4 aromatic rings. The maximum absolute atomic E-state index is 13.0. The third-order valence-electron chi connectivity index (χ3n) is 4.24. The fraction of sp³-hybridized carbons (Fsp3) is 0.222. The number of hydrogen-bond donors (Lipinski definition) is 0. The number of rotatable bonds is 5. The van der Waals surface area contributed by atoms with E-state index in [1.807, 2.05) is 0 Å². The molecule has 0 saturated heterocycles. The first kappa shape index (κ1) is 19.6. The van der Waals surface area contributed by atoms with Gasteiger partial charge in [-0.25, -0.2) is 4.39 Å². The summed E-state index contributed by atoms with van der Waals surface area (Å²) in [7, 11) is 1.72. The molecule has 0 atom stereocenters. The number of halogens is 4. The SMILES string of the molecule is Cn1cc(-c2cn(-c3ccc(OC(F)(F)F)cc3)c(=O)c3nn(CCF)nc23)cn1. The minimum Gasteiger partial charge on any atom is -0.406 e. The van der Waals surface area contributed by atoms with E-state index in [0.717, 1.165) is 16.9 Å². The molecular formula is C18H14F4N6O2. The van der Waals surface area contributed by atoms with Crippen LogP contribution in [0.15, 0.2) is 47.7 Å². The maximum Gasteiger partial charge on any atom is 0.573 e. The van der Waals surface area contributed by atoms with Gasteiger partial charge in [0.25, 0.3) is 5.56 Å². The van der Waals surface area contributed by atoms with Gasteiger partial charge in [0.1, 0.15) is 17.9 Å². The minimum absolute atomic E-state index is 0.000390. The molecule has 3 aromatic heterocycles. The van der Waals surface area contributed by atoms with E-state index in [2.05, 4.69) is 20.0 Å². The van der Waals surface area contributed by atoms with Crippen molar-refractivity contribution in [1.82, 2.24) is 29.3 Å². The zero-order valence-corrected chi connectivity index (χ0v) is 15.5. The Balaban J connectivity index is 1.87. The summed E-state index contributed by atoms with van der Waals surface area (Å²) < 4.78 is 56.5. The van der Waals surface area contributed by atoms with Gasteiger partial charge in [0, 0.05) is 36.3 Å². The normalized spacial score (nSPS) is 11.9. The van der Waals surface area contributed by atoms with Crippen molar-refractivity contribution in [3.8, 4) is 22.6 Å². The fourth-order valence-electron chi connectivity index (χ4n) is 2.98. The average molecular weight is 422 g/mol. The van der Waals surface area contributed by atoms with Gasteiger partial charge in [0.15, 0.2) is 5.52 Å². The highest BCUT2D eigenvalue weighted by Gasteiger charge is 2.31. The number of pyridine rings is 1. The number of nitrogens with zero attached hydrogens (tertiary/aromatic N) is 6. The van der Waals surface area contributed by atoms with Crippen molar-refractivity contribution in [1.29, 1.82) is 0 Å². The number of benzene rings is 1. The van der Waals surface area contributed by atoms with Gasteiger partial charge in [0.2, 0.25) is 0 Å². The lowest BCUT2D eigenvalue weighted by atomic mass is 10.1. The van der Waals surface area contributed by atoms with Crippen LogP contribution in [0, 0.1) is 0 Å². The molecule has 0 N–H and O–H groups in total. The Labute approximate surface area is 165 Å². The summed E-state index contributed by atoms with van der Waals surface area (Å²) in [5.74, 6) is -0.415. The van der Waals surface area contributed by atoms with Crippen LogP contribution in [0.3, 0.4) is 0 Å². The quantitative estimate of drug-likeness (QED) is 0.462. The maximum atomic E-state index is 13.0. The predicted molar refractivity (Wildman–Crippen MR) is 98.0 cm³/mol. The van der Waals surface area contributed by atoms with E-state index in [-0.39, 0.29) is 17.6 Å². The highest BCUT2D eigenvalue weighted by molar-refractivity contribution is 5.90. The zero-order valence-electron chi connectivity index (χ0n) is 15.5. The molecule has 0 bridgehead atoms. The van der Waals surface area contributed by atoms with Crippen LogP contribution in [0.25, 0.3) is 27.8 Å². The number of alkyl halides is 4. The number of hydrogen-bond acceptors (Lipinski definition) is 5. The Morgan fingerprint density at radius 1 is 1.07 bits per heavy atom. The molecule has 4 rings (SSSR count). The predicted octanol–water partition coefficient (Wildman–Crippen LogP) is 2.85. The molecule has 3 heterocycles. The van der Waals surface area contributed by atoms with Crippen LogP contribution < -0.4 is 10.3 Å². The van der Waals surface area contributed by atoms with Crippen molar-refractivity contribution in [3.05, 3.63) is 53.2 Å². The van der Waals surface area contributed by atoms with Crippen LogP contribution in [0.1, 0.15) is 0 Å². The standard InChI is InChI=1S/C18H14F4N6O2/c1-26-9-11(8-23-26)14-10-27(12-2-4-13(5-3-12)30-18(20,21)22)17(29)16-15(14)24-28(25-16)7-6-19/h2-5,8-10H,6-7H2,1H3. The van der Waals surface area contributed by atoms with Crippen LogP contribution >= 0.6 is 0 Å². The molecule has 30 heavy (non-hydrogen) atoms. The molecule has 0 aliphatic heterocycles. The molecule has 8 nitrogen and oxygen atoms in total. The number of aryl methyl sites for hydroxylation is 2. The van der Waals surface area contributed by atoms with Crippen molar-refractivity contribution in [2.45, 2.75) is 12.9 Å². The van der Waals surface area contributed by atoms with Crippen LogP contribution in [0.2, 0.25) is 0 Å². The lowest BCUT2D eigenvalue weighted by molar-refractivity contribution is -0.274. The first-order chi connectivity index (χ1) is 14.2. The van der Waals surface area contributed by atoms with Gasteiger partial charge in [0.05, 0.1) is 12.7 Å². The first-order valence-electron chi connectivity index (χ1n) is 8.67. The van der Waals surface area contributed by atoms with Crippen LogP contribution in [-0.2, 0) is 13.6 Å². The summed E-state index contributed by atoms with van der Waals surface area (Å²) in [5, 5.41) is 12.4. The van der Waals surface area contributed by atoms with Gasteiger partial charge in [-0.1, -0.05) is 0 Å². The highest BCUT2D eigenvalue weighted by Crippen LogP contribution is 2.27. The zero-order chi connectivity index (χ0) is 21.5. The van der Waals surface area contributed by atoms with Crippen molar-refractivity contribution < 1.29 is 22.3 Å². The van der Waals surface area contributed by atoms with E-state index in [4.69, 9.17) is 0 Å². The summed E-state index contributed by atoms with van der Waals surface area (Å²) in [6.45, 7) is -0.831. The van der Waals surface area contributed by atoms with E-state index >= 15 is 0 Å². The molecule has 0 radical (unpaired) electrons. The summed E-state index contributed by atoms with van der Waals surface area (Å²) >= 11 is 0. The van der Waals surface area contributed by atoms with Crippen LogP contribution in [0.4, 0.5) is 17.6 Å². The van der Waals surface area contributed by atoms with E-state index in [1.165, 1.54) is 22.9 Å². The minimum atomic E-state index is -4.82. The molecular weight excluding hydrogens is 408 g/mol. The monoisotopic (exact) mass is 422 g/mol. The summed E-state index contributed by atoms with van der Waals surface area (Å²) in [4.78, 5) is 14.1. The van der Waals surface area contributed by atoms with E-state index in [1.54, 1.807) is 24.1 Å². The Bertz CT molecular complexity index is 1260. The summed E-state index contributed by atoms with van der Waals surface area (Å²) in [6, 6.07) is 4.83. The van der Waals surface area contributed by atoms with E-state index in [9.17, 15) is 22.4 Å². The van der Waals surface area contributed by atoms with Gasteiger partial charge in [-0.3, -0.25) is 14.0 Å².